The maximum absolute atomic E-state index is 10.7. The molecule has 0 bridgehead atoms. The first kappa shape index (κ1) is 13.2. The van der Waals surface area contributed by atoms with Crippen molar-refractivity contribution < 1.29 is 9.90 Å². The van der Waals surface area contributed by atoms with Crippen molar-refractivity contribution in [2.45, 2.75) is 31.0 Å². The van der Waals surface area contributed by atoms with Crippen LogP contribution in [0.5, 0.6) is 0 Å². The molecule has 0 amide bonds. The summed E-state index contributed by atoms with van der Waals surface area (Å²) < 4.78 is 5.06. The van der Waals surface area contributed by atoms with Gasteiger partial charge in [0.05, 0.1) is 0 Å². The van der Waals surface area contributed by atoms with Crippen LogP contribution in [0.1, 0.15) is 26.1 Å². The van der Waals surface area contributed by atoms with Gasteiger partial charge in [0.2, 0.25) is 0 Å². The van der Waals surface area contributed by atoms with Gasteiger partial charge in [-0.25, -0.2) is 9.78 Å². The number of hydrogen-bond acceptors (Lipinski definition) is 5. The van der Waals surface area contributed by atoms with Crippen LogP contribution in [-0.2, 0) is 11.2 Å². The van der Waals surface area contributed by atoms with Gasteiger partial charge in [-0.1, -0.05) is 31.7 Å². The molecule has 0 fully saturated rings. The molecule has 1 rings (SSSR count). The number of hydrogen-bond donors (Lipinski definition) is 1. The maximum Gasteiger partial charge on any atom is 0.331 e. The van der Waals surface area contributed by atoms with Crippen molar-refractivity contribution in [3.63, 3.8) is 0 Å². The number of carboxylic acids is 1. The lowest BCUT2D eigenvalue weighted by Crippen LogP contribution is -1.99. The maximum atomic E-state index is 10.7. The fourth-order valence-corrected chi connectivity index (χ4v) is 2.66. The molecule has 0 aliphatic heterocycles. The monoisotopic (exact) mass is 258 g/mol. The summed E-state index contributed by atoms with van der Waals surface area (Å²) in [5.74, 6) is 0.647. The molecule has 0 aliphatic rings. The Morgan fingerprint density at radius 3 is 2.81 bits per heavy atom. The number of nitrogens with zero attached hydrogens (tertiary/aromatic N) is 2. The minimum absolute atomic E-state index is 0.452. The van der Waals surface area contributed by atoms with E-state index in [-0.39, 0.29) is 0 Å². The molecule has 0 unspecified atom stereocenters. The number of carboxylic acid groups (broad SMARTS) is 1. The highest BCUT2D eigenvalue weighted by molar-refractivity contribution is 8.01. The molecule has 4 nitrogen and oxygen atoms in total. The summed E-state index contributed by atoms with van der Waals surface area (Å²) in [6.07, 6.45) is 3.12. The summed E-state index contributed by atoms with van der Waals surface area (Å²) >= 11 is 2.89. The van der Waals surface area contributed by atoms with Crippen LogP contribution in [0.4, 0.5) is 0 Å². The van der Waals surface area contributed by atoms with Crippen molar-refractivity contribution in [3.8, 4) is 0 Å². The third-order valence-electron chi connectivity index (χ3n) is 1.96. The Morgan fingerprint density at radius 2 is 2.31 bits per heavy atom. The van der Waals surface area contributed by atoms with Gasteiger partial charge < -0.3 is 5.11 Å². The van der Waals surface area contributed by atoms with Crippen molar-refractivity contribution in [2.24, 2.45) is 0 Å². The summed E-state index contributed by atoms with van der Waals surface area (Å²) in [5.41, 5.74) is 0.452. The quantitative estimate of drug-likeness (QED) is 0.627. The molecule has 0 saturated heterocycles. The van der Waals surface area contributed by atoms with E-state index in [1.165, 1.54) is 23.3 Å². The van der Waals surface area contributed by atoms with Crippen molar-refractivity contribution in [1.29, 1.82) is 0 Å². The molecule has 0 radical (unpaired) electrons. The minimum atomic E-state index is -0.838. The Hall–Kier alpha value is -0.880. The highest BCUT2D eigenvalue weighted by atomic mass is 32.2. The minimum Gasteiger partial charge on any atom is -0.478 e. The van der Waals surface area contributed by atoms with E-state index in [2.05, 4.69) is 9.36 Å². The van der Waals surface area contributed by atoms with Crippen molar-refractivity contribution in [2.75, 3.05) is 5.75 Å². The van der Waals surface area contributed by atoms with Crippen molar-refractivity contribution in [1.82, 2.24) is 9.36 Å². The fraction of sp³-hybridized carbons (Fsp3) is 0.500. The number of aryl methyl sites for hydroxylation is 1. The third-order valence-corrected chi connectivity index (χ3v) is 3.76. The van der Waals surface area contributed by atoms with E-state index in [0.29, 0.717) is 17.7 Å². The second kappa shape index (κ2) is 6.65. The van der Waals surface area contributed by atoms with Gasteiger partial charge in [-0.05, 0) is 18.0 Å². The van der Waals surface area contributed by atoms with E-state index in [9.17, 15) is 4.79 Å². The van der Waals surface area contributed by atoms with Gasteiger partial charge >= 0.3 is 5.97 Å². The largest absolute Gasteiger partial charge is 0.478 e. The van der Waals surface area contributed by atoms with Gasteiger partial charge in [-0.2, -0.15) is 4.37 Å². The van der Waals surface area contributed by atoms with Crippen LogP contribution in [0.15, 0.2) is 16.0 Å². The first-order valence-corrected chi connectivity index (χ1v) is 6.81. The second-order valence-corrected chi connectivity index (χ2v) is 5.05. The van der Waals surface area contributed by atoms with Gasteiger partial charge in [-0.3, -0.25) is 0 Å². The average molecular weight is 258 g/mol. The molecule has 1 N–H and O–H groups in total. The Morgan fingerprint density at radius 1 is 1.56 bits per heavy atom. The van der Waals surface area contributed by atoms with E-state index < -0.39 is 5.97 Å². The van der Waals surface area contributed by atoms with E-state index >= 15 is 0 Å². The van der Waals surface area contributed by atoms with Gasteiger partial charge in [0.1, 0.15) is 5.82 Å². The molecule has 0 aromatic carbocycles. The first-order chi connectivity index (χ1) is 7.67. The molecule has 0 saturated carbocycles. The topological polar surface area (TPSA) is 63.1 Å². The van der Waals surface area contributed by atoms with Crippen LogP contribution in [0.3, 0.4) is 0 Å². The van der Waals surface area contributed by atoms with Crippen LogP contribution in [0, 0.1) is 0 Å². The smallest absolute Gasteiger partial charge is 0.331 e. The van der Waals surface area contributed by atoms with Gasteiger partial charge in [0.15, 0.2) is 4.34 Å². The summed E-state index contributed by atoms with van der Waals surface area (Å²) in [7, 11) is 0. The highest BCUT2D eigenvalue weighted by Gasteiger charge is 2.05. The normalized spacial score (nSPS) is 11.8. The van der Waals surface area contributed by atoms with Crippen molar-refractivity contribution in [3.05, 3.63) is 17.5 Å². The summed E-state index contributed by atoms with van der Waals surface area (Å²) in [6.45, 7) is 3.85. The summed E-state index contributed by atoms with van der Waals surface area (Å²) in [4.78, 5) is 15.0. The Balaban J connectivity index is 2.48. The predicted molar refractivity (Wildman–Crippen MR) is 66.0 cm³/mol. The molecular formula is C10H14N2O2S2. The average Bonchev–Trinajstić information content (AvgIpc) is 2.71. The molecular weight excluding hydrogens is 244 g/mol. The van der Waals surface area contributed by atoms with Crippen LogP contribution in [0.2, 0.25) is 0 Å². The molecule has 1 aromatic heterocycles. The summed E-state index contributed by atoms with van der Waals surface area (Å²) in [6, 6.07) is 0. The highest BCUT2D eigenvalue weighted by Crippen LogP contribution is 2.21. The lowest BCUT2D eigenvalue weighted by molar-refractivity contribution is -0.132. The van der Waals surface area contributed by atoms with Crippen LogP contribution < -0.4 is 0 Å². The summed E-state index contributed by atoms with van der Waals surface area (Å²) in [5, 5.41) is 8.81. The number of carbonyl (C=O) groups is 1. The van der Waals surface area contributed by atoms with Crippen LogP contribution in [0.25, 0.3) is 0 Å². The zero-order valence-electron chi connectivity index (χ0n) is 9.27. The van der Waals surface area contributed by atoms with Gasteiger partial charge in [0.25, 0.3) is 0 Å². The number of rotatable bonds is 6. The van der Waals surface area contributed by atoms with Crippen molar-refractivity contribution >= 4 is 29.3 Å². The Labute approximate surface area is 103 Å². The number of aromatic nitrogens is 2. The third kappa shape index (κ3) is 3.94. The van der Waals surface area contributed by atoms with Crippen LogP contribution in [-0.4, -0.2) is 26.2 Å². The Bertz CT molecular complexity index is 388. The SMILES string of the molecule is CCC(=CCSc1nc(CC)ns1)C(=O)O. The zero-order chi connectivity index (χ0) is 12.0. The van der Waals surface area contributed by atoms with Crippen LogP contribution >= 0.6 is 23.3 Å². The lowest BCUT2D eigenvalue weighted by Gasteiger charge is -1.96. The van der Waals surface area contributed by atoms with E-state index in [1.807, 2.05) is 13.8 Å². The first-order valence-electron chi connectivity index (χ1n) is 5.05. The zero-order valence-corrected chi connectivity index (χ0v) is 10.9. The number of thioether (sulfide) groups is 1. The molecule has 0 aliphatic carbocycles. The second-order valence-electron chi connectivity index (χ2n) is 3.03. The van der Waals surface area contributed by atoms with Gasteiger partial charge in [-0.15, -0.1) is 0 Å². The molecule has 0 spiro atoms. The molecule has 1 aromatic rings. The van der Waals surface area contributed by atoms with E-state index in [0.717, 1.165) is 16.6 Å². The lowest BCUT2D eigenvalue weighted by atomic mass is 10.2. The predicted octanol–water partition coefficient (Wildman–Crippen LogP) is 2.61. The molecule has 0 atom stereocenters. The molecule has 16 heavy (non-hydrogen) atoms. The van der Waals surface area contributed by atoms with E-state index in [1.54, 1.807) is 6.08 Å². The molecule has 1 heterocycles. The molecule has 88 valence electrons. The van der Waals surface area contributed by atoms with Gasteiger partial charge in [0, 0.05) is 17.7 Å². The Kier molecular flexibility index (Phi) is 5.48. The number of aliphatic carboxylic acids is 1. The molecule has 6 heteroatoms. The standard InChI is InChI=1S/C10H14N2O2S2/c1-3-7(9(13)14)5-6-15-10-11-8(4-2)12-16-10/h5H,3-4,6H2,1-2H3,(H,13,14). The van der Waals surface area contributed by atoms with E-state index in [4.69, 9.17) is 5.11 Å². The fourth-order valence-electron chi connectivity index (χ4n) is 1.04.